The van der Waals surface area contributed by atoms with Gasteiger partial charge in [0.05, 0.1) is 5.69 Å². The first-order valence-electron chi connectivity index (χ1n) is 7.44. The van der Waals surface area contributed by atoms with E-state index in [0.717, 1.165) is 18.1 Å². The van der Waals surface area contributed by atoms with Crippen molar-refractivity contribution in [3.63, 3.8) is 0 Å². The number of hydrogen-bond acceptors (Lipinski definition) is 2. The lowest BCUT2D eigenvalue weighted by molar-refractivity contribution is 0.226. The molecule has 3 nitrogen and oxygen atoms in total. The van der Waals surface area contributed by atoms with Gasteiger partial charge in [-0.1, -0.05) is 30.7 Å². The number of nitrogens with zero attached hydrogens (tertiary/aromatic N) is 1. The van der Waals surface area contributed by atoms with Gasteiger partial charge in [0.1, 0.15) is 5.82 Å². The minimum Gasteiger partial charge on any atom is -0.345 e. The van der Waals surface area contributed by atoms with Crippen molar-refractivity contribution in [2.75, 3.05) is 13.6 Å². The number of aryl methyl sites for hydroxylation is 2. The molecule has 1 saturated carbocycles. The molecule has 0 bridgehead atoms. The van der Waals surface area contributed by atoms with E-state index in [1.807, 2.05) is 7.05 Å². The predicted molar refractivity (Wildman–Crippen MR) is 83.0 cm³/mol. The summed E-state index contributed by atoms with van der Waals surface area (Å²) in [5.41, 5.74) is 5.04. The molecule has 1 aromatic heterocycles. The lowest BCUT2D eigenvalue weighted by Crippen LogP contribution is -2.43. The molecule has 0 unspecified atom stereocenters. The highest BCUT2D eigenvalue weighted by Crippen LogP contribution is 2.43. The quantitative estimate of drug-likeness (QED) is 0.893. The standard InChI is InChI=1S/C17H23N3/c1-12-7-4-5-8-14(12)15-13(2)19-16(20-15)17(11-18-3)9-6-10-17/h4-5,7-8,18H,6,9-11H2,1-3H3,(H,19,20). The molecule has 1 aromatic carbocycles. The van der Waals surface area contributed by atoms with E-state index in [4.69, 9.17) is 4.98 Å². The third-order valence-electron chi connectivity index (χ3n) is 4.61. The molecular formula is C17H23N3. The van der Waals surface area contributed by atoms with Crippen molar-refractivity contribution < 1.29 is 0 Å². The van der Waals surface area contributed by atoms with E-state index in [9.17, 15) is 0 Å². The van der Waals surface area contributed by atoms with Gasteiger partial charge in [0.15, 0.2) is 0 Å². The Morgan fingerprint density at radius 1 is 1.25 bits per heavy atom. The smallest absolute Gasteiger partial charge is 0.114 e. The fraction of sp³-hybridized carbons (Fsp3) is 0.471. The molecule has 0 atom stereocenters. The Morgan fingerprint density at radius 3 is 2.60 bits per heavy atom. The zero-order valence-electron chi connectivity index (χ0n) is 12.6. The maximum atomic E-state index is 4.96. The molecule has 3 heteroatoms. The average molecular weight is 269 g/mol. The summed E-state index contributed by atoms with van der Waals surface area (Å²) >= 11 is 0. The van der Waals surface area contributed by atoms with Crippen LogP contribution in [0.1, 0.15) is 36.3 Å². The van der Waals surface area contributed by atoms with E-state index in [2.05, 4.69) is 48.4 Å². The van der Waals surface area contributed by atoms with Crippen LogP contribution < -0.4 is 5.32 Å². The summed E-state index contributed by atoms with van der Waals surface area (Å²) in [6.07, 6.45) is 3.77. The highest BCUT2D eigenvalue weighted by atomic mass is 15.0. The third kappa shape index (κ3) is 2.06. The molecule has 106 valence electrons. The van der Waals surface area contributed by atoms with Crippen molar-refractivity contribution in [3.05, 3.63) is 41.3 Å². The van der Waals surface area contributed by atoms with Crippen LogP contribution in [-0.4, -0.2) is 23.6 Å². The van der Waals surface area contributed by atoms with E-state index >= 15 is 0 Å². The fourth-order valence-electron chi connectivity index (χ4n) is 3.25. The van der Waals surface area contributed by atoms with Gasteiger partial charge >= 0.3 is 0 Å². The molecule has 1 aliphatic rings. The molecule has 20 heavy (non-hydrogen) atoms. The molecule has 0 aliphatic heterocycles. The highest BCUT2D eigenvalue weighted by Gasteiger charge is 2.41. The number of nitrogens with one attached hydrogen (secondary N) is 2. The third-order valence-corrected chi connectivity index (χ3v) is 4.61. The maximum Gasteiger partial charge on any atom is 0.114 e. The Bertz CT molecular complexity index is 608. The number of hydrogen-bond donors (Lipinski definition) is 2. The minimum absolute atomic E-state index is 0.223. The van der Waals surface area contributed by atoms with Crippen molar-refractivity contribution in [2.45, 2.75) is 38.5 Å². The van der Waals surface area contributed by atoms with Gasteiger partial charge in [0.2, 0.25) is 0 Å². The molecular weight excluding hydrogens is 246 g/mol. The zero-order chi connectivity index (χ0) is 14.2. The van der Waals surface area contributed by atoms with E-state index < -0.39 is 0 Å². The summed E-state index contributed by atoms with van der Waals surface area (Å²) in [7, 11) is 2.03. The Labute approximate surface area is 120 Å². The Hall–Kier alpha value is -1.61. The molecule has 3 rings (SSSR count). The number of benzene rings is 1. The normalized spacial score (nSPS) is 16.9. The molecule has 0 amide bonds. The Kier molecular flexibility index (Phi) is 3.38. The molecule has 1 heterocycles. The van der Waals surface area contributed by atoms with E-state index in [1.165, 1.54) is 36.1 Å². The largest absolute Gasteiger partial charge is 0.345 e. The first kappa shape index (κ1) is 13.4. The molecule has 2 aromatic rings. The second-order valence-corrected chi connectivity index (χ2v) is 6.04. The van der Waals surface area contributed by atoms with Gasteiger partial charge in [-0.15, -0.1) is 0 Å². The second-order valence-electron chi connectivity index (χ2n) is 6.04. The zero-order valence-corrected chi connectivity index (χ0v) is 12.6. The van der Waals surface area contributed by atoms with Crippen LogP contribution in [0.2, 0.25) is 0 Å². The van der Waals surface area contributed by atoms with Gasteiger partial charge < -0.3 is 10.3 Å². The highest BCUT2D eigenvalue weighted by molar-refractivity contribution is 5.65. The number of imidazole rings is 1. The lowest BCUT2D eigenvalue weighted by atomic mass is 9.68. The van der Waals surface area contributed by atoms with Gasteiger partial charge in [-0.25, -0.2) is 4.98 Å². The summed E-state index contributed by atoms with van der Waals surface area (Å²) in [6, 6.07) is 8.47. The van der Waals surface area contributed by atoms with Gasteiger partial charge in [-0.2, -0.15) is 0 Å². The predicted octanol–water partition coefficient (Wildman–Crippen LogP) is 3.33. The van der Waals surface area contributed by atoms with Crippen LogP contribution >= 0.6 is 0 Å². The average Bonchev–Trinajstić information content (AvgIpc) is 2.76. The summed E-state index contributed by atoms with van der Waals surface area (Å²) < 4.78 is 0. The van der Waals surface area contributed by atoms with Gasteiger partial charge in [0, 0.05) is 23.2 Å². The first-order valence-corrected chi connectivity index (χ1v) is 7.44. The minimum atomic E-state index is 0.223. The van der Waals surface area contributed by atoms with Crippen molar-refractivity contribution in [2.24, 2.45) is 0 Å². The van der Waals surface area contributed by atoms with Crippen molar-refractivity contribution in [3.8, 4) is 11.3 Å². The fourth-order valence-corrected chi connectivity index (χ4v) is 3.25. The van der Waals surface area contributed by atoms with Crippen molar-refractivity contribution >= 4 is 0 Å². The number of rotatable bonds is 4. The van der Waals surface area contributed by atoms with Crippen molar-refractivity contribution in [1.82, 2.24) is 15.3 Å². The van der Waals surface area contributed by atoms with E-state index in [1.54, 1.807) is 0 Å². The number of aromatic nitrogens is 2. The van der Waals surface area contributed by atoms with Crippen LogP contribution in [0.3, 0.4) is 0 Å². The maximum absolute atomic E-state index is 4.96. The monoisotopic (exact) mass is 269 g/mol. The molecule has 1 fully saturated rings. The van der Waals surface area contributed by atoms with Gasteiger partial charge in [-0.3, -0.25) is 0 Å². The van der Waals surface area contributed by atoms with Crippen LogP contribution in [0.15, 0.2) is 24.3 Å². The van der Waals surface area contributed by atoms with E-state index in [-0.39, 0.29) is 5.41 Å². The Morgan fingerprint density at radius 2 is 2.00 bits per heavy atom. The number of H-pyrrole nitrogens is 1. The first-order chi connectivity index (χ1) is 9.66. The molecule has 0 spiro atoms. The second kappa shape index (κ2) is 5.06. The van der Waals surface area contributed by atoms with Crippen LogP contribution in [0.25, 0.3) is 11.3 Å². The van der Waals surface area contributed by atoms with Crippen LogP contribution in [-0.2, 0) is 5.41 Å². The SMILES string of the molecule is CNCC1(c2nc(-c3ccccc3C)c(C)[nH]2)CCC1. The summed E-state index contributed by atoms with van der Waals surface area (Å²) in [5, 5.41) is 3.33. The van der Waals surface area contributed by atoms with Gasteiger partial charge in [0.25, 0.3) is 0 Å². The molecule has 2 N–H and O–H groups in total. The topological polar surface area (TPSA) is 40.7 Å². The van der Waals surface area contributed by atoms with E-state index in [0.29, 0.717) is 0 Å². The van der Waals surface area contributed by atoms with Crippen LogP contribution in [0.4, 0.5) is 0 Å². The molecule has 0 saturated heterocycles. The number of aromatic amines is 1. The molecule has 0 radical (unpaired) electrons. The number of likely N-dealkylation sites (N-methyl/N-ethyl adjacent to an activating group) is 1. The van der Waals surface area contributed by atoms with Crippen LogP contribution in [0.5, 0.6) is 0 Å². The summed E-state index contributed by atoms with van der Waals surface area (Å²) in [6.45, 7) is 5.28. The van der Waals surface area contributed by atoms with Crippen LogP contribution in [0, 0.1) is 13.8 Å². The van der Waals surface area contributed by atoms with Crippen molar-refractivity contribution in [1.29, 1.82) is 0 Å². The lowest BCUT2D eigenvalue weighted by Gasteiger charge is -2.40. The summed E-state index contributed by atoms with van der Waals surface area (Å²) in [4.78, 5) is 8.50. The summed E-state index contributed by atoms with van der Waals surface area (Å²) in [5.74, 6) is 1.16. The Balaban J connectivity index is 2.02. The van der Waals surface area contributed by atoms with Gasteiger partial charge in [-0.05, 0) is 39.3 Å². The molecule has 1 aliphatic carbocycles.